The quantitative estimate of drug-likeness (QED) is 0.0550. The largest absolute Gasteiger partial charge is 0.394 e. The normalized spacial score (nSPS) is 13.4. The topological polar surface area (TPSA) is 69.6 Å². The molecule has 0 heterocycles. The molecule has 2 unspecified atom stereocenters. The zero-order valence-corrected chi connectivity index (χ0v) is 27.6. The molecule has 1 amide bonds. The number of amides is 1. The van der Waals surface area contributed by atoms with E-state index >= 15 is 0 Å². The van der Waals surface area contributed by atoms with Crippen LogP contribution in [0.4, 0.5) is 0 Å². The number of carbonyl (C=O) groups is 1. The van der Waals surface area contributed by atoms with Gasteiger partial charge in [0.05, 0.1) is 18.8 Å². The fourth-order valence-electron chi connectivity index (χ4n) is 5.41. The molecule has 0 aromatic carbocycles. The van der Waals surface area contributed by atoms with Crippen molar-refractivity contribution in [1.29, 1.82) is 0 Å². The maximum atomic E-state index is 12.3. The first kappa shape index (κ1) is 39.9. The fourth-order valence-corrected chi connectivity index (χ4v) is 5.41. The summed E-state index contributed by atoms with van der Waals surface area (Å²) < 4.78 is 0. The summed E-state index contributed by atoms with van der Waals surface area (Å²) in [5.41, 5.74) is 0. The molecule has 2 atom stereocenters. The van der Waals surface area contributed by atoms with Gasteiger partial charge in [0.15, 0.2) is 0 Å². The number of aliphatic hydroxyl groups excluding tert-OH is 2. The minimum atomic E-state index is -0.678. The van der Waals surface area contributed by atoms with Crippen molar-refractivity contribution in [2.75, 3.05) is 6.61 Å². The molecule has 41 heavy (non-hydrogen) atoms. The zero-order chi connectivity index (χ0) is 30.1. The molecule has 242 valence electrons. The summed E-state index contributed by atoms with van der Waals surface area (Å²) in [6.07, 6.45) is 41.0. The Balaban J connectivity index is 3.63. The molecule has 4 heteroatoms. The molecule has 0 aliphatic carbocycles. The molecule has 0 bridgehead atoms. The summed E-state index contributed by atoms with van der Waals surface area (Å²) in [5, 5.41) is 23.0. The lowest BCUT2D eigenvalue weighted by Crippen LogP contribution is -2.45. The molecule has 0 aromatic heterocycles. The van der Waals surface area contributed by atoms with Gasteiger partial charge in [-0.1, -0.05) is 173 Å². The van der Waals surface area contributed by atoms with Gasteiger partial charge >= 0.3 is 0 Å². The van der Waals surface area contributed by atoms with E-state index in [0.29, 0.717) is 19.3 Å². The maximum absolute atomic E-state index is 12.3. The highest BCUT2D eigenvalue weighted by molar-refractivity contribution is 5.76. The van der Waals surface area contributed by atoms with Gasteiger partial charge in [0.2, 0.25) is 5.91 Å². The monoisotopic (exact) mass is 578 g/mol. The lowest BCUT2D eigenvalue weighted by molar-refractivity contribution is -0.123. The van der Waals surface area contributed by atoms with E-state index in [2.05, 4.69) is 43.5 Å². The van der Waals surface area contributed by atoms with Gasteiger partial charge in [-0.3, -0.25) is 4.79 Å². The van der Waals surface area contributed by atoms with Gasteiger partial charge in [-0.15, -0.1) is 0 Å². The standard InChI is InChI=1S/C37H71NO3/c1-3-5-7-9-11-13-15-17-18-19-21-22-24-26-28-30-32-36(40)35(34-39)38-37(41)33-31-29-27-25-23-20-16-14-12-10-8-6-4-2/h20,23,27,29,35-36,39-40H,3-19,21-22,24-26,28,30-34H2,1-2H3,(H,38,41)/b23-20-,29-27-. The molecule has 0 radical (unpaired) electrons. The smallest absolute Gasteiger partial charge is 0.220 e. The highest BCUT2D eigenvalue weighted by atomic mass is 16.3. The molecule has 0 aliphatic heterocycles. The van der Waals surface area contributed by atoms with Crippen molar-refractivity contribution in [3.8, 4) is 0 Å². The first-order valence-electron chi connectivity index (χ1n) is 18.0. The highest BCUT2D eigenvalue weighted by Gasteiger charge is 2.19. The van der Waals surface area contributed by atoms with Crippen molar-refractivity contribution >= 4 is 5.91 Å². The summed E-state index contributed by atoms with van der Waals surface area (Å²) >= 11 is 0. The Kier molecular flexibility index (Phi) is 32.5. The van der Waals surface area contributed by atoms with Crippen LogP contribution in [0.25, 0.3) is 0 Å². The van der Waals surface area contributed by atoms with Crippen molar-refractivity contribution in [3.05, 3.63) is 24.3 Å². The first-order valence-corrected chi connectivity index (χ1v) is 18.0. The van der Waals surface area contributed by atoms with Crippen LogP contribution in [-0.2, 0) is 4.79 Å². The third kappa shape index (κ3) is 30.1. The van der Waals surface area contributed by atoms with E-state index < -0.39 is 12.1 Å². The van der Waals surface area contributed by atoms with Crippen molar-refractivity contribution < 1.29 is 15.0 Å². The van der Waals surface area contributed by atoms with Crippen molar-refractivity contribution in [2.45, 2.75) is 199 Å². The summed E-state index contributed by atoms with van der Waals surface area (Å²) in [6.45, 7) is 4.31. The Bertz CT molecular complexity index is 589. The Labute approximate surface area is 256 Å². The van der Waals surface area contributed by atoms with E-state index in [9.17, 15) is 15.0 Å². The third-order valence-electron chi connectivity index (χ3n) is 8.23. The number of aliphatic hydroxyl groups is 2. The molecule has 3 N–H and O–H groups in total. The highest BCUT2D eigenvalue weighted by Crippen LogP contribution is 2.15. The maximum Gasteiger partial charge on any atom is 0.220 e. The first-order chi connectivity index (χ1) is 20.2. The molecule has 0 saturated carbocycles. The Morgan fingerprint density at radius 2 is 1.00 bits per heavy atom. The molecule has 0 aromatic rings. The number of allylic oxidation sites excluding steroid dienone is 4. The number of rotatable bonds is 32. The van der Waals surface area contributed by atoms with Gasteiger partial charge in [0.1, 0.15) is 0 Å². The van der Waals surface area contributed by atoms with Crippen LogP contribution in [0, 0.1) is 0 Å². The molecule has 0 fully saturated rings. The summed E-state index contributed by atoms with van der Waals surface area (Å²) in [7, 11) is 0. The Morgan fingerprint density at radius 1 is 0.585 bits per heavy atom. The van der Waals surface area contributed by atoms with E-state index in [1.54, 1.807) is 0 Å². The van der Waals surface area contributed by atoms with Gasteiger partial charge < -0.3 is 15.5 Å². The fraction of sp³-hybridized carbons (Fsp3) is 0.865. The number of unbranched alkanes of at least 4 members (excludes halogenated alkanes) is 21. The lowest BCUT2D eigenvalue weighted by Gasteiger charge is -2.22. The molecule has 0 spiro atoms. The van der Waals surface area contributed by atoms with Gasteiger partial charge in [0.25, 0.3) is 0 Å². The number of hydrogen-bond donors (Lipinski definition) is 3. The summed E-state index contributed by atoms with van der Waals surface area (Å²) in [5.74, 6) is -0.0988. The average molecular weight is 578 g/mol. The summed E-state index contributed by atoms with van der Waals surface area (Å²) in [4.78, 5) is 12.3. The van der Waals surface area contributed by atoms with Crippen molar-refractivity contribution in [3.63, 3.8) is 0 Å². The van der Waals surface area contributed by atoms with Crippen molar-refractivity contribution in [2.24, 2.45) is 0 Å². The van der Waals surface area contributed by atoms with Gasteiger partial charge in [-0.2, -0.15) is 0 Å². The minimum Gasteiger partial charge on any atom is -0.394 e. The summed E-state index contributed by atoms with van der Waals surface area (Å²) in [6, 6.07) is -0.562. The minimum absolute atomic E-state index is 0.0988. The van der Waals surface area contributed by atoms with Gasteiger partial charge in [-0.05, 0) is 32.1 Å². The van der Waals surface area contributed by atoms with E-state index in [-0.39, 0.29) is 12.5 Å². The van der Waals surface area contributed by atoms with Crippen LogP contribution < -0.4 is 5.32 Å². The number of hydrogen-bond acceptors (Lipinski definition) is 3. The van der Waals surface area contributed by atoms with Crippen LogP contribution in [0.3, 0.4) is 0 Å². The van der Waals surface area contributed by atoms with Crippen LogP contribution in [0.5, 0.6) is 0 Å². The molecular weight excluding hydrogens is 506 g/mol. The predicted molar refractivity (Wildman–Crippen MR) is 179 cm³/mol. The number of carbonyl (C=O) groups excluding carboxylic acids is 1. The van der Waals surface area contributed by atoms with Gasteiger partial charge in [-0.25, -0.2) is 0 Å². The average Bonchev–Trinajstić information content (AvgIpc) is 2.97. The third-order valence-corrected chi connectivity index (χ3v) is 8.23. The lowest BCUT2D eigenvalue weighted by atomic mass is 10.0. The molecule has 0 saturated heterocycles. The second-order valence-electron chi connectivity index (χ2n) is 12.3. The van der Waals surface area contributed by atoms with Crippen LogP contribution >= 0.6 is 0 Å². The molecule has 0 rings (SSSR count). The molecule has 0 aliphatic rings. The Hall–Kier alpha value is -1.13. The van der Waals surface area contributed by atoms with E-state index in [4.69, 9.17) is 0 Å². The SMILES string of the molecule is CCCCCCCC/C=C\C/C=C\CCC(=O)NC(CO)C(O)CCCCCCCCCCCCCCCCCC. The Morgan fingerprint density at radius 3 is 1.46 bits per heavy atom. The predicted octanol–water partition coefficient (Wildman–Crippen LogP) is 10.5. The second kappa shape index (κ2) is 33.4. The van der Waals surface area contributed by atoms with Crippen molar-refractivity contribution in [1.82, 2.24) is 5.32 Å². The zero-order valence-electron chi connectivity index (χ0n) is 27.6. The van der Waals surface area contributed by atoms with E-state index in [1.165, 1.54) is 128 Å². The number of nitrogens with one attached hydrogen (secondary N) is 1. The van der Waals surface area contributed by atoms with Crippen LogP contribution in [0.15, 0.2) is 24.3 Å². The van der Waals surface area contributed by atoms with Crippen LogP contribution in [0.1, 0.15) is 187 Å². The van der Waals surface area contributed by atoms with Crippen LogP contribution in [0.2, 0.25) is 0 Å². The second-order valence-corrected chi connectivity index (χ2v) is 12.3. The van der Waals surface area contributed by atoms with Gasteiger partial charge in [0, 0.05) is 6.42 Å². The molecule has 4 nitrogen and oxygen atoms in total. The van der Waals surface area contributed by atoms with E-state index in [1.807, 2.05) is 0 Å². The van der Waals surface area contributed by atoms with Crippen LogP contribution in [-0.4, -0.2) is 34.9 Å². The molecular formula is C37H71NO3. The van der Waals surface area contributed by atoms with E-state index in [0.717, 1.165) is 25.7 Å².